The van der Waals surface area contributed by atoms with E-state index in [2.05, 4.69) is 17.9 Å². The minimum Gasteiger partial charge on any atom is -0.481 e. The zero-order valence-corrected chi connectivity index (χ0v) is 9.09. The smallest absolute Gasteiger partial charge is 0.331 e. The van der Waals surface area contributed by atoms with Gasteiger partial charge in [-0.25, -0.2) is 9.59 Å². The van der Waals surface area contributed by atoms with Gasteiger partial charge < -0.3 is 20.1 Å². The molecule has 7 nitrogen and oxygen atoms in total. The molecule has 3 N–H and O–H groups in total. The summed E-state index contributed by atoms with van der Waals surface area (Å²) >= 11 is 0. The van der Waals surface area contributed by atoms with Gasteiger partial charge in [0.2, 0.25) is 0 Å². The van der Waals surface area contributed by atoms with Gasteiger partial charge in [0.1, 0.15) is 6.61 Å². The molecule has 0 aromatic rings. The molecule has 0 aromatic carbocycles. The third-order valence-electron chi connectivity index (χ3n) is 1.17. The van der Waals surface area contributed by atoms with E-state index in [9.17, 15) is 14.4 Å². The van der Waals surface area contributed by atoms with Gasteiger partial charge in [0, 0.05) is 11.6 Å². The molecule has 96 valence electrons. The Balaban J connectivity index is 0. The first-order valence-electron chi connectivity index (χ1n) is 4.38. The van der Waals surface area contributed by atoms with Crippen molar-refractivity contribution in [3.8, 4) is 0 Å². The Morgan fingerprint density at radius 3 is 2.00 bits per heavy atom. The van der Waals surface area contributed by atoms with Crippen LogP contribution in [0.4, 0.5) is 0 Å². The van der Waals surface area contributed by atoms with Crippen LogP contribution in [0.15, 0.2) is 24.8 Å². The zero-order valence-electron chi connectivity index (χ0n) is 9.09. The highest BCUT2D eigenvalue weighted by Crippen LogP contribution is 1.95. The van der Waals surface area contributed by atoms with Crippen LogP contribution in [0.1, 0.15) is 6.42 Å². The van der Waals surface area contributed by atoms with Crippen LogP contribution in [-0.2, 0) is 19.1 Å². The van der Waals surface area contributed by atoms with Crippen LogP contribution in [0.5, 0.6) is 0 Å². The quantitative estimate of drug-likeness (QED) is 0.438. The third-order valence-corrected chi connectivity index (χ3v) is 1.17. The van der Waals surface area contributed by atoms with Gasteiger partial charge in [0.15, 0.2) is 0 Å². The van der Waals surface area contributed by atoms with E-state index in [1.54, 1.807) is 0 Å². The Bertz CT molecular complexity index is 306. The van der Waals surface area contributed by atoms with Gasteiger partial charge in [-0.05, 0) is 0 Å². The molecule has 0 aromatic heterocycles. The van der Waals surface area contributed by atoms with Gasteiger partial charge in [-0.1, -0.05) is 13.2 Å². The van der Waals surface area contributed by atoms with Crippen molar-refractivity contribution in [3.05, 3.63) is 24.8 Å². The number of carboxylic acids is 2. The second-order valence-electron chi connectivity index (χ2n) is 2.57. The van der Waals surface area contributed by atoms with Crippen molar-refractivity contribution < 1.29 is 34.4 Å². The topological polar surface area (TPSA) is 121 Å². The molecule has 0 amide bonds. The molecular formula is C10H14O7. The Morgan fingerprint density at radius 2 is 1.76 bits per heavy atom. The maximum atomic E-state index is 10.1. The highest BCUT2D eigenvalue weighted by atomic mass is 16.5. The molecule has 7 heteroatoms. The highest BCUT2D eigenvalue weighted by Gasteiger charge is 2.07. The third kappa shape index (κ3) is 13.9. The second kappa shape index (κ2) is 10.4. The van der Waals surface area contributed by atoms with Crippen molar-refractivity contribution in [1.82, 2.24) is 0 Å². The summed E-state index contributed by atoms with van der Waals surface area (Å²) in [5.74, 6) is -2.95. The minimum atomic E-state index is -1.27. The number of carbonyl (C=O) groups excluding carboxylic acids is 1. The molecule has 0 atom stereocenters. The number of aliphatic hydroxyl groups excluding tert-OH is 1. The Labute approximate surface area is 97.6 Å². The lowest BCUT2D eigenvalue weighted by atomic mass is 10.2. The van der Waals surface area contributed by atoms with Crippen LogP contribution < -0.4 is 0 Å². The van der Waals surface area contributed by atoms with Crippen molar-refractivity contribution in [2.75, 3.05) is 13.2 Å². The van der Waals surface area contributed by atoms with E-state index in [1.807, 2.05) is 0 Å². The average Bonchev–Trinajstić information content (AvgIpc) is 2.25. The number of rotatable bonds is 6. The first-order chi connectivity index (χ1) is 7.84. The second-order valence-corrected chi connectivity index (χ2v) is 2.57. The van der Waals surface area contributed by atoms with Crippen molar-refractivity contribution in [3.63, 3.8) is 0 Å². The molecule has 0 bridgehead atoms. The zero-order chi connectivity index (χ0) is 13.8. The summed E-state index contributed by atoms with van der Waals surface area (Å²) in [4.78, 5) is 29.8. The SMILES string of the molecule is C=C(CC(=O)O)C(=O)O.C=CC(=O)OCCO. The molecule has 0 radical (unpaired) electrons. The predicted octanol–water partition coefficient (Wildman–Crippen LogP) is -0.190. The monoisotopic (exact) mass is 246 g/mol. The van der Waals surface area contributed by atoms with Crippen LogP contribution in [0.2, 0.25) is 0 Å². The van der Waals surface area contributed by atoms with E-state index in [4.69, 9.17) is 15.3 Å². The van der Waals surface area contributed by atoms with Crippen LogP contribution in [-0.4, -0.2) is 46.4 Å². The number of ether oxygens (including phenoxy) is 1. The molecule has 0 unspecified atom stereocenters. The van der Waals surface area contributed by atoms with Crippen LogP contribution in [0.25, 0.3) is 0 Å². The molecule has 0 saturated carbocycles. The number of carboxylic acid groups (broad SMARTS) is 2. The van der Waals surface area contributed by atoms with Gasteiger partial charge in [-0.15, -0.1) is 0 Å². The highest BCUT2D eigenvalue weighted by molar-refractivity contribution is 5.91. The first kappa shape index (κ1) is 17.3. The largest absolute Gasteiger partial charge is 0.481 e. The number of aliphatic carboxylic acids is 2. The van der Waals surface area contributed by atoms with Gasteiger partial charge in [0.05, 0.1) is 13.0 Å². The van der Waals surface area contributed by atoms with E-state index in [0.29, 0.717) is 0 Å². The van der Waals surface area contributed by atoms with Crippen molar-refractivity contribution in [2.24, 2.45) is 0 Å². The van der Waals surface area contributed by atoms with Gasteiger partial charge in [0.25, 0.3) is 0 Å². The van der Waals surface area contributed by atoms with E-state index in [0.717, 1.165) is 6.08 Å². The lowest BCUT2D eigenvalue weighted by molar-refractivity contribution is -0.139. The van der Waals surface area contributed by atoms with Crippen molar-refractivity contribution >= 4 is 17.9 Å². The maximum absolute atomic E-state index is 10.1. The molecular weight excluding hydrogens is 232 g/mol. The fourth-order valence-corrected chi connectivity index (χ4v) is 0.463. The average molecular weight is 246 g/mol. The maximum Gasteiger partial charge on any atom is 0.331 e. The molecule has 0 aliphatic carbocycles. The Kier molecular flexibility index (Phi) is 10.5. The van der Waals surface area contributed by atoms with Gasteiger partial charge >= 0.3 is 17.9 Å². The number of hydrogen-bond donors (Lipinski definition) is 3. The van der Waals surface area contributed by atoms with E-state index < -0.39 is 24.3 Å². The fraction of sp³-hybridized carbons (Fsp3) is 0.300. The molecule has 0 rings (SSSR count). The fourth-order valence-electron chi connectivity index (χ4n) is 0.463. The summed E-state index contributed by atoms with van der Waals surface area (Å²) in [6.07, 6.45) is 0.547. The van der Waals surface area contributed by atoms with Crippen LogP contribution >= 0.6 is 0 Å². The normalized spacial score (nSPS) is 8.29. The molecule has 0 heterocycles. The van der Waals surface area contributed by atoms with Crippen LogP contribution in [0.3, 0.4) is 0 Å². The van der Waals surface area contributed by atoms with Crippen molar-refractivity contribution in [1.29, 1.82) is 0 Å². The lowest BCUT2D eigenvalue weighted by Crippen LogP contribution is -2.04. The standard InChI is InChI=1S/C5H6O4.C5H8O3/c1-3(5(8)9)2-4(6)7;1-2-5(7)8-4-3-6/h1-2H2,(H,6,7)(H,8,9);2,6H,1,3-4H2. The van der Waals surface area contributed by atoms with Gasteiger partial charge in [-0.2, -0.15) is 0 Å². The number of carbonyl (C=O) groups is 3. The van der Waals surface area contributed by atoms with Gasteiger partial charge in [-0.3, -0.25) is 4.79 Å². The van der Waals surface area contributed by atoms with E-state index >= 15 is 0 Å². The van der Waals surface area contributed by atoms with E-state index in [1.165, 1.54) is 0 Å². The molecule has 0 spiro atoms. The molecule has 0 aliphatic rings. The summed E-state index contributed by atoms with van der Waals surface area (Å²) in [6.45, 7) is 6.08. The summed E-state index contributed by atoms with van der Waals surface area (Å²) in [6, 6.07) is 0. The van der Waals surface area contributed by atoms with E-state index in [-0.39, 0.29) is 18.8 Å². The molecule has 17 heavy (non-hydrogen) atoms. The summed E-state index contributed by atoms with van der Waals surface area (Å²) in [7, 11) is 0. The Morgan fingerprint density at radius 1 is 1.24 bits per heavy atom. The van der Waals surface area contributed by atoms with Crippen LogP contribution in [0, 0.1) is 0 Å². The molecule has 0 fully saturated rings. The summed E-state index contributed by atoms with van der Waals surface area (Å²) in [5.41, 5.74) is -0.303. The number of aliphatic hydroxyl groups is 1. The Hall–Kier alpha value is -2.15. The minimum absolute atomic E-state index is 0.0465. The molecule has 0 aliphatic heterocycles. The number of esters is 1. The molecule has 0 saturated heterocycles. The lowest BCUT2D eigenvalue weighted by Gasteiger charge is -1.94. The number of hydrogen-bond acceptors (Lipinski definition) is 5. The van der Waals surface area contributed by atoms with Crippen molar-refractivity contribution in [2.45, 2.75) is 6.42 Å². The summed E-state index contributed by atoms with van der Waals surface area (Å²) < 4.78 is 4.33. The summed E-state index contributed by atoms with van der Waals surface area (Å²) in [5, 5.41) is 24.2. The predicted molar refractivity (Wildman–Crippen MR) is 57.3 cm³/mol. The first-order valence-corrected chi connectivity index (χ1v) is 4.38.